The largest absolute Gasteiger partial charge is 0.394 e. The number of likely N-dealkylation sites (N-methyl/N-ethyl adjacent to an activating group) is 1. The second-order valence-corrected chi connectivity index (χ2v) is 4.58. The lowest BCUT2D eigenvalue weighted by molar-refractivity contribution is -0.384. The van der Waals surface area contributed by atoms with E-state index in [-0.39, 0.29) is 18.1 Å². The van der Waals surface area contributed by atoms with Crippen molar-refractivity contribution in [1.29, 1.82) is 0 Å². The van der Waals surface area contributed by atoms with Gasteiger partial charge < -0.3 is 10.0 Å². The smallest absolute Gasteiger partial charge is 0.311 e. The number of aliphatic hydroxyl groups excluding tert-OH is 1. The van der Waals surface area contributed by atoms with Crippen molar-refractivity contribution in [3.8, 4) is 0 Å². The monoisotopic (exact) mass is 239 g/mol. The second kappa shape index (κ2) is 4.67. The van der Waals surface area contributed by atoms with Gasteiger partial charge in [-0.2, -0.15) is 0 Å². The quantitative estimate of drug-likeness (QED) is 0.636. The lowest BCUT2D eigenvalue weighted by atomic mass is 10.1. The van der Waals surface area contributed by atoms with Gasteiger partial charge in [-0.15, -0.1) is 0 Å². The molecule has 94 valence electrons. The molecule has 0 aliphatic carbocycles. The van der Waals surface area contributed by atoms with Crippen LogP contribution in [0, 0.1) is 17.0 Å². The first-order chi connectivity index (χ1) is 7.79. The van der Waals surface area contributed by atoms with Crippen molar-refractivity contribution in [2.24, 2.45) is 0 Å². The molecule has 1 aromatic rings. The molecular weight excluding hydrogens is 222 g/mol. The molecule has 6 nitrogen and oxygen atoms in total. The molecule has 0 aliphatic heterocycles. The van der Waals surface area contributed by atoms with Gasteiger partial charge in [0.2, 0.25) is 5.82 Å². The maximum Gasteiger partial charge on any atom is 0.311 e. The Bertz CT molecular complexity index is 432. The van der Waals surface area contributed by atoms with E-state index in [0.29, 0.717) is 5.69 Å². The van der Waals surface area contributed by atoms with Crippen LogP contribution in [-0.4, -0.2) is 34.2 Å². The van der Waals surface area contributed by atoms with Crippen LogP contribution in [0.1, 0.15) is 19.5 Å². The Morgan fingerprint density at radius 2 is 2.12 bits per heavy atom. The molecule has 0 saturated carbocycles. The van der Waals surface area contributed by atoms with Crippen LogP contribution >= 0.6 is 0 Å². The van der Waals surface area contributed by atoms with E-state index in [0.717, 1.165) is 0 Å². The van der Waals surface area contributed by atoms with Gasteiger partial charge in [0.05, 0.1) is 17.1 Å². The molecule has 1 rings (SSSR count). The molecule has 0 aromatic carbocycles. The number of nitrogens with zero attached hydrogens (tertiary/aromatic N) is 3. The van der Waals surface area contributed by atoms with Gasteiger partial charge in [-0.25, -0.2) is 4.98 Å². The molecule has 1 aromatic heterocycles. The number of nitro groups is 1. The predicted octanol–water partition coefficient (Wildman–Crippen LogP) is 1.51. The number of hydrogen-bond donors (Lipinski definition) is 1. The Morgan fingerprint density at radius 1 is 1.53 bits per heavy atom. The highest BCUT2D eigenvalue weighted by molar-refractivity contribution is 5.59. The van der Waals surface area contributed by atoms with Crippen molar-refractivity contribution in [2.75, 3.05) is 18.6 Å². The number of aliphatic hydroxyl groups is 1. The number of pyridine rings is 1. The van der Waals surface area contributed by atoms with E-state index in [9.17, 15) is 15.2 Å². The third-order valence-electron chi connectivity index (χ3n) is 2.80. The van der Waals surface area contributed by atoms with Gasteiger partial charge in [0.1, 0.15) is 0 Å². The molecule has 6 heteroatoms. The second-order valence-electron chi connectivity index (χ2n) is 4.58. The summed E-state index contributed by atoms with van der Waals surface area (Å²) in [4.78, 5) is 16.3. The normalized spacial score (nSPS) is 11.4. The van der Waals surface area contributed by atoms with Gasteiger partial charge in [-0.05, 0) is 26.8 Å². The average molecular weight is 239 g/mol. The van der Waals surface area contributed by atoms with Crippen molar-refractivity contribution in [3.05, 3.63) is 27.9 Å². The topological polar surface area (TPSA) is 79.5 Å². The van der Waals surface area contributed by atoms with Crippen molar-refractivity contribution in [1.82, 2.24) is 4.98 Å². The van der Waals surface area contributed by atoms with Gasteiger partial charge in [0, 0.05) is 18.8 Å². The Balaban J connectivity index is 3.29. The van der Waals surface area contributed by atoms with E-state index < -0.39 is 10.5 Å². The Labute approximate surface area is 100 Å². The molecule has 1 N–H and O–H groups in total. The van der Waals surface area contributed by atoms with E-state index in [4.69, 9.17) is 0 Å². The van der Waals surface area contributed by atoms with Crippen LogP contribution in [0.5, 0.6) is 0 Å². The summed E-state index contributed by atoms with van der Waals surface area (Å²) in [5, 5.41) is 20.2. The third kappa shape index (κ3) is 2.71. The van der Waals surface area contributed by atoms with Crippen molar-refractivity contribution in [3.63, 3.8) is 0 Å². The van der Waals surface area contributed by atoms with Crippen molar-refractivity contribution < 1.29 is 10.0 Å². The Morgan fingerprint density at radius 3 is 2.59 bits per heavy atom. The summed E-state index contributed by atoms with van der Waals surface area (Å²) in [6.07, 6.45) is 0. The Kier molecular flexibility index (Phi) is 3.67. The maximum absolute atomic E-state index is 10.9. The molecule has 1 heterocycles. The lowest BCUT2D eigenvalue weighted by Crippen LogP contribution is -2.45. The van der Waals surface area contributed by atoms with Crippen LogP contribution in [0.15, 0.2) is 12.1 Å². The fourth-order valence-corrected chi connectivity index (χ4v) is 1.32. The summed E-state index contributed by atoms with van der Waals surface area (Å²) in [6.45, 7) is 5.24. The highest BCUT2D eigenvalue weighted by Crippen LogP contribution is 2.29. The van der Waals surface area contributed by atoms with Crippen LogP contribution in [0.25, 0.3) is 0 Å². The van der Waals surface area contributed by atoms with Crippen LogP contribution in [0.4, 0.5) is 11.5 Å². The van der Waals surface area contributed by atoms with Crippen LogP contribution in [-0.2, 0) is 0 Å². The summed E-state index contributed by atoms with van der Waals surface area (Å²) < 4.78 is 0. The van der Waals surface area contributed by atoms with E-state index in [1.54, 1.807) is 38.8 Å². The first-order valence-electron chi connectivity index (χ1n) is 5.26. The first-order valence-corrected chi connectivity index (χ1v) is 5.26. The number of hydrogen-bond acceptors (Lipinski definition) is 5. The molecular formula is C11H17N3O3. The van der Waals surface area contributed by atoms with E-state index in [2.05, 4.69) is 4.98 Å². The van der Waals surface area contributed by atoms with Crippen LogP contribution < -0.4 is 4.90 Å². The van der Waals surface area contributed by atoms with Gasteiger partial charge in [-0.1, -0.05) is 0 Å². The molecule has 17 heavy (non-hydrogen) atoms. The van der Waals surface area contributed by atoms with Crippen molar-refractivity contribution >= 4 is 11.5 Å². The van der Waals surface area contributed by atoms with Crippen molar-refractivity contribution in [2.45, 2.75) is 26.3 Å². The highest BCUT2D eigenvalue weighted by atomic mass is 16.6. The standard InChI is InChI=1S/C11H17N3O3/c1-8-5-6-9(14(16)17)10(12-8)13(4)11(2,3)7-15/h5-6,15H,7H2,1-4H3. The minimum atomic E-state index is -0.606. The summed E-state index contributed by atoms with van der Waals surface area (Å²) in [5.41, 5.74) is 0.0387. The minimum absolute atomic E-state index is 0.0559. The average Bonchev–Trinajstić information content (AvgIpc) is 2.27. The SMILES string of the molecule is Cc1ccc([N+](=O)[O-])c(N(C)C(C)(C)CO)n1. The van der Waals surface area contributed by atoms with Crippen LogP contribution in [0.2, 0.25) is 0 Å². The number of aryl methyl sites for hydroxylation is 1. The molecule has 0 fully saturated rings. The zero-order valence-corrected chi connectivity index (χ0v) is 10.5. The number of anilines is 1. The molecule has 0 bridgehead atoms. The van der Waals surface area contributed by atoms with Gasteiger partial charge >= 0.3 is 5.69 Å². The fourth-order valence-electron chi connectivity index (χ4n) is 1.32. The predicted molar refractivity (Wildman–Crippen MR) is 65.2 cm³/mol. The minimum Gasteiger partial charge on any atom is -0.394 e. The molecule has 0 radical (unpaired) electrons. The zero-order valence-electron chi connectivity index (χ0n) is 10.5. The lowest BCUT2D eigenvalue weighted by Gasteiger charge is -2.34. The molecule has 0 aliphatic rings. The third-order valence-corrected chi connectivity index (χ3v) is 2.80. The first kappa shape index (κ1) is 13.4. The maximum atomic E-state index is 10.9. The van der Waals surface area contributed by atoms with Crippen LogP contribution in [0.3, 0.4) is 0 Å². The molecule has 0 amide bonds. The molecule has 0 saturated heterocycles. The molecule has 0 spiro atoms. The van der Waals surface area contributed by atoms with Gasteiger partial charge in [0.25, 0.3) is 0 Å². The molecule has 0 unspecified atom stereocenters. The zero-order chi connectivity index (χ0) is 13.2. The van der Waals surface area contributed by atoms with Gasteiger partial charge in [0.15, 0.2) is 0 Å². The number of aromatic nitrogens is 1. The fraction of sp³-hybridized carbons (Fsp3) is 0.545. The number of rotatable bonds is 4. The highest BCUT2D eigenvalue weighted by Gasteiger charge is 2.29. The Hall–Kier alpha value is -1.69. The van der Waals surface area contributed by atoms with E-state index in [1.807, 2.05) is 0 Å². The summed E-state index contributed by atoms with van der Waals surface area (Å²) >= 11 is 0. The molecule has 0 atom stereocenters. The summed E-state index contributed by atoms with van der Waals surface area (Å²) in [6, 6.07) is 3.03. The van der Waals surface area contributed by atoms with E-state index in [1.165, 1.54) is 6.07 Å². The summed E-state index contributed by atoms with van der Waals surface area (Å²) in [5.74, 6) is 0.272. The summed E-state index contributed by atoms with van der Waals surface area (Å²) in [7, 11) is 1.69. The van der Waals surface area contributed by atoms with Gasteiger partial charge in [-0.3, -0.25) is 10.1 Å². The van der Waals surface area contributed by atoms with E-state index >= 15 is 0 Å².